The smallest absolute Gasteiger partial charge is 0.459 e. The van der Waals surface area contributed by atoms with Crippen LogP contribution < -0.4 is 14.9 Å². The number of carbonyl (C=O) groups is 1. The van der Waals surface area contributed by atoms with Gasteiger partial charge in [-0.1, -0.05) is 18.2 Å². The molecule has 0 unspecified atom stereocenters. The van der Waals surface area contributed by atoms with Gasteiger partial charge in [0.05, 0.1) is 12.4 Å². The number of aliphatic hydroxyl groups excluding tert-OH is 1. The lowest BCUT2D eigenvalue weighted by Crippen LogP contribution is -2.47. The number of anilines is 1. The van der Waals surface area contributed by atoms with Crippen molar-refractivity contribution in [2.45, 2.75) is 70.6 Å². The molecule has 16 heteroatoms. The van der Waals surface area contributed by atoms with Gasteiger partial charge in [-0.25, -0.2) is 28.3 Å². The largest absolute Gasteiger partial charge is 0.462 e. The van der Waals surface area contributed by atoms with E-state index in [0.717, 1.165) is 11.5 Å². The van der Waals surface area contributed by atoms with Crippen molar-refractivity contribution >= 4 is 30.7 Å². The number of nitrogens with zero attached hydrogens (tertiary/aromatic N) is 4. The summed E-state index contributed by atoms with van der Waals surface area (Å²) in [6.07, 6.45) is -3.43. The summed E-state index contributed by atoms with van der Waals surface area (Å²) < 4.78 is 68.4. The van der Waals surface area contributed by atoms with E-state index < -0.39 is 56.3 Å². The number of carbonyl (C=O) groups excluding carboxylic acids is 1. The molecule has 3 N–H and O–H groups in total. The molecule has 6 atom stereocenters. The van der Waals surface area contributed by atoms with Crippen LogP contribution >= 0.6 is 7.75 Å². The SMILES string of the molecule is CNc1nc(C)nc2c1ncn2[C@@H]1O[C@](F)(CO[P@](=O)(N[C@H](C)C(=O)OC(C)C)Oc2ccccc2)[C@@H](O)[C@@]1(C)F. The minimum Gasteiger partial charge on any atom is -0.462 e. The van der Waals surface area contributed by atoms with E-state index in [0.29, 0.717) is 11.6 Å². The van der Waals surface area contributed by atoms with E-state index >= 15 is 8.78 Å². The van der Waals surface area contributed by atoms with Crippen molar-refractivity contribution in [1.82, 2.24) is 24.6 Å². The number of nitrogens with one attached hydrogen (secondary N) is 2. The van der Waals surface area contributed by atoms with E-state index in [2.05, 4.69) is 25.4 Å². The number of esters is 1. The standard InChI is InChI=1S/C25H33F2N6O7P/c1-14(2)38-21(34)15(3)32-41(36,40-17-10-8-7-9-11-17)37-12-25(27)22(35)24(5,26)23(39-25)33-13-29-18-19(28-6)30-16(4)31-20(18)33/h7-11,13-15,22-23,35H,12H2,1-6H3,(H,32,36)(H,28,30,31)/t15-,22+,23-,24-,25-,41-/m1/s1. The molecule has 0 saturated carbocycles. The van der Waals surface area contributed by atoms with Crippen LogP contribution in [0.5, 0.6) is 5.75 Å². The van der Waals surface area contributed by atoms with Gasteiger partial charge in [0, 0.05) is 7.05 Å². The van der Waals surface area contributed by atoms with Crippen molar-refractivity contribution < 1.29 is 41.8 Å². The lowest BCUT2D eigenvalue weighted by Gasteiger charge is -2.28. The monoisotopic (exact) mass is 598 g/mol. The average Bonchev–Trinajstić information content (AvgIpc) is 3.39. The highest BCUT2D eigenvalue weighted by atomic mass is 31.2. The van der Waals surface area contributed by atoms with E-state index in [9.17, 15) is 14.5 Å². The number of aliphatic hydroxyl groups is 1. The number of aromatic nitrogens is 4. The van der Waals surface area contributed by atoms with E-state index in [1.807, 2.05) is 0 Å². The van der Waals surface area contributed by atoms with Crippen LogP contribution in [0.15, 0.2) is 36.7 Å². The Bertz CT molecular complexity index is 1440. The first kappa shape index (κ1) is 30.7. The van der Waals surface area contributed by atoms with Gasteiger partial charge < -0.3 is 24.4 Å². The van der Waals surface area contributed by atoms with Crippen LogP contribution in [0.4, 0.5) is 14.6 Å². The summed E-state index contributed by atoms with van der Waals surface area (Å²) in [5.74, 6) is -3.23. The zero-order valence-corrected chi connectivity index (χ0v) is 24.3. The first-order valence-electron chi connectivity index (χ1n) is 12.8. The third-order valence-corrected chi connectivity index (χ3v) is 7.84. The van der Waals surface area contributed by atoms with E-state index in [1.165, 1.54) is 25.4 Å². The molecule has 0 spiro atoms. The molecule has 0 radical (unpaired) electrons. The molecule has 0 bridgehead atoms. The van der Waals surface area contributed by atoms with Crippen LogP contribution in [0.3, 0.4) is 0 Å². The normalized spacial score (nSPS) is 26.6. The summed E-state index contributed by atoms with van der Waals surface area (Å²) in [7, 11) is -2.93. The minimum absolute atomic E-state index is 0.0713. The molecule has 224 valence electrons. The molecule has 0 amide bonds. The first-order chi connectivity index (χ1) is 19.2. The second-order valence-electron chi connectivity index (χ2n) is 10.0. The van der Waals surface area contributed by atoms with Crippen molar-refractivity contribution in [2.75, 3.05) is 19.0 Å². The molecule has 1 aromatic carbocycles. The van der Waals surface area contributed by atoms with E-state index in [1.54, 1.807) is 46.0 Å². The fraction of sp³-hybridized carbons (Fsp3) is 0.520. The molecule has 4 rings (SSSR count). The number of benzene rings is 1. The number of para-hydroxylation sites is 1. The van der Waals surface area contributed by atoms with Crippen molar-refractivity contribution in [1.29, 1.82) is 0 Å². The fourth-order valence-electron chi connectivity index (χ4n) is 4.24. The summed E-state index contributed by atoms with van der Waals surface area (Å²) in [5.41, 5.74) is -2.33. The van der Waals surface area contributed by atoms with Crippen LogP contribution in [0.1, 0.15) is 39.7 Å². The Morgan fingerprint density at radius 2 is 1.93 bits per heavy atom. The Balaban J connectivity index is 1.61. The van der Waals surface area contributed by atoms with Crippen LogP contribution in [-0.4, -0.2) is 74.0 Å². The summed E-state index contributed by atoms with van der Waals surface area (Å²) in [5, 5.41) is 16.0. The first-order valence-corrected chi connectivity index (χ1v) is 14.3. The predicted molar refractivity (Wildman–Crippen MR) is 144 cm³/mol. The Morgan fingerprint density at radius 3 is 2.56 bits per heavy atom. The zero-order valence-electron chi connectivity index (χ0n) is 23.4. The van der Waals surface area contributed by atoms with Crippen LogP contribution in [0.2, 0.25) is 0 Å². The molecule has 41 heavy (non-hydrogen) atoms. The Morgan fingerprint density at radius 1 is 1.24 bits per heavy atom. The van der Waals surface area contributed by atoms with Gasteiger partial charge in [0.15, 0.2) is 35.0 Å². The topological polar surface area (TPSA) is 159 Å². The molecule has 3 aromatic rings. The molecule has 2 aromatic heterocycles. The number of hydrogen-bond acceptors (Lipinski definition) is 11. The number of rotatable bonds is 11. The van der Waals surface area contributed by atoms with E-state index in [4.69, 9.17) is 18.5 Å². The van der Waals surface area contributed by atoms with Crippen LogP contribution in [0.25, 0.3) is 11.2 Å². The average molecular weight is 599 g/mol. The summed E-state index contributed by atoms with van der Waals surface area (Å²) in [6.45, 7) is 5.93. The van der Waals surface area contributed by atoms with Crippen molar-refractivity contribution in [3.05, 3.63) is 42.5 Å². The molecule has 1 fully saturated rings. The van der Waals surface area contributed by atoms with Crippen molar-refractivity contribution in [3.63, 3.8) is 0 Å². The van der Waals surface area contributed by atoms with Gasteiger partial charge >= 0.3 is 13.7 Å². The predicted octanol–water partition coefficient (Wildman–Crippen LogP) is 3.59. The third kappa shape index (κ3) is 6.33. The highest BCUT2D eigenvalue weighted by Gasteiger charge is 2.65. The maximum atomic E-state index is 16.2. The minimum atomic E-state index is -4.55. The molecule has 1 aliphatic rings. The molecule has 3 heterocycles. The highest BCUT2D eigenvalue weighted by Crippen LogP contribution is 2.52. The molecule has 1 aliphatic heterocycles. The van der Waals surface area contributed by atoms with Gasteiger partial charge in [0.25, 0.3) is 5.85 Å². The van der Waals surface area contributed by atoms with Crippen LogP contribution in [0, 0.1) is 6.92 Å². The number of alkyl halides is 2. The lowest BCUT2D eigenvalue weighted by molar-refractivity contribution is -0.202. The van der Waals surface area contributed by atoms with E-state index in [-0.39, 0.29) is 16.9 Å². The Kier molecular flexibility index (Phi) is 8.67. The highest BCUT2D eigenvalue weighted by molar-refractivity contribution is 7.52. The fourth-order valence-corrected chi connectivity index (χ4v) is 5.75. The lowest BCUT2D eigenvalue weighted by atomic mass is 9.97. The molecule has 1 saturated heterocycles. The number of imidazole rings is 1. The number of aryl methyl sites for hydroxylation is 1. The molecule has 0 aliphatic carbocycles. The second kappa shape index (κ2) is 11.6. The Labute approximate surface area is 235 Å². The molecular weight excluding hydrogens is 565 g/mol. The zero-order chi connectivity index (χ0) is 30.2. The molecule has 13 nitrogen and oxygen atoms in total. The van der Waals surface area contributed by atoms with Gasteiger partial charge in [-0.05, 0) is 46.8 Å². The summed E-state index contributed by atoms with van der Waals surface area (Å²) in [4.78, 5) is 25.1. The van der Waals surface area contributed by atoms with Crippen molar-refractivity contribution in [2.24, 2.45) is 0 Å². The summed E-state index contributed by atoms with van der Waals surface area (Å²) >= 11 is 0. The van der Waals surface area contributed by atoms with Gasteiger partial charge in [-0.15, -0.1) is 0 Å². The number of halogens is 2. The number of hydrogen-bond donors (Lipinski definition) is 3. The number of ether oxygens (including phenoxy) is 2. The van der Waals surface area contributed by atoms with Gasteiger partial charge in [0.2, 0.25) is 0 Å². The summed E-state index contributed by atoms with van der Waals surface area (Å²) in [6, 6.07) is 6.58. The third-order valence-electron chi connectivity index (χ3n) is 6.21. The van der Waals surface area contributed by atoms with Crippen LogP contribution in [-0.2, 0) is 23.4 Å². The van der Waals surface area contributed by atoms with Gasteiger partial charge in [-0.2, -0.15) is 5.09 Å². The maximum absolute atomic E-state index is 16.2. The maximum Gasteiger partial charge on any atom is 0.459 e. The van der Waals surface area contributed by atoms with Crippen molar-refractivity contribution in [3.8, 4) is 5.75 Å². The Hall–Kier alpha value is -3.23. The van der Waals surface area contributed by atoms with Gasteiger partial charge in [-0.3, -0.25) is 13.9 Å². The van der Waals surface area contributed by atoms with Gasteiger partial charge in [0.1, 0.15) is 24.2 Å². The number of fused-ring (bicyclic) bond motifs is 1. The second-order valence-corrected chi connectivity index (χ2v) is 11.7. The quantitative estimate of drug-likeness (QED) is 0.218. The molecular formula is C25H33F2N6O7P.